The molecule has 1 aromatic carbocycles. The van der Waals surface area contributed by atoms with Crippen LogP contribution in [0.5, 0.6) is 5.75 Å². The molecule has 2 bridgehead atoms. The van der Waals surface area contributed by atoms with Gasteiger partial charge in [-0.15, -0.1) is 0 Å². The van der Waals surface area contributed by atoms with Crippen molar-refractivity contribution in [1.29, 1.82) is 0 Å². The van der Waals surface area contributed by atoms with E-state index in [9.17, 15) is 9.59 Å². The van der Waals surface area contributed by atoms with Gasteiger partial charge in [-0.2, -0.15) is 0 Å². The molecule has 0 radical (unpaired) electrons. The molecule has 8 heteroatoms. The van der Waals surface area contributed by atoms with Crippen molar-refractivity contribution < 1.29 is 18.8 Å². The van der Waals surface area contributed by atoms with Crippen LogP contribution in [0.3, 0.4) is 0 Å². The van der Waals surface area contributed by atoms with Crippen LogP contribution < -0.4 is 15.4 Å². The summed E-state index contributed by atoms with van der Waals surface area (Å²) in [6.45, 7) is 4.21. The minimum Gasteiger partial charge on any atom is -0.494 e. The Morgan fingerprint density at radius 2 is 1.94 bits per heavy atom. The number of piperidine rings is 1. The maximum atomic E-state index is 12.9. The second-order valence-corrected chi connectivity index (χ2v) is 8.44. The summed E-state index contributed by atoms with van der Waals surface area (Å²) >= 11 is 0. The standard InChI is InChI=1S/C23H30N4O4/c28-21-18-4-1-5-19(16-18)30-14-3-13-27(22(29)20-6-15-31-26-20)12-2-7-23(17-25-21)8-10-24-11-9-23/h1,4-6,15-16,24H,2-3,7-14,17H2,(H,25,28). The number of hydrogen-bond donors (Lipinski definition) is 2. The molecule has 2 N–H and O–H groups in total. The van der Waals surface area contributed by atoms with E-state index in [0.29, 0.717) is 49.7 Å². The van der Waals surface area contributed by atoms with Crippen LogP contribution in [0.15, 0.2) is 41.1 Å². The molecule has 166 valence electrons. The Kier molecular flexibility index (Phi) is 6.86. The molecule has 1 aromatic heterocycles. The van der Waals surface area contributed by atoms with E-state index >= 15 is 0 Å². The van der Waals surface area contributed by atoms with E-state index in [1.165, 1.54) is 6.26 Å². The van der Waals surface area contributed by atoms with Crippen molar-refractivity contribution in [3.8, 4) is 5.75 Å². The zero-order valence-corrected chi connectivity index (χ0v) is 17.8. The number of rotatable bonds is 1. The molecule has 2 aliphatic rings. The van der Waals surface area contributed by atoms with E-state index < -0.39 is 0 Å². The fraction of sp³-hybridized carbons (Fsp3) is 0.522. The highest BCUT2D eigenvalue weighted by atomic mass is 16.5. The zero-order valence-electron chi connectivity index (χ0n) is 17.8. The van der Waals surface area contributed by atoms with Crippen LogP contribution in [-0.2, 0) is 0 Å². The van der Waals surface area contributed by atoms with Gasteiger partial charge in [-0.05, 0) is 68.8 Å². The SMILES string of the molecule is O=C1NCC2(CCCN(C(=O)c3ccon3)CCCOc3cccc1c3)CCNCC2. The van der Waals surface area contributed by atoms with Crippen LogP contribution in [0.4, 0.5) is 0 Å². The van der Waals surface area contributed by atoms with E-state index in [1.54, 1.807) is 12.1 Å². The van der Waals surface area contributed by atoms with Gasteiger partial charge in [0.2, 0.25) is 0 Å². The molecule has 0 saturated carbocycles. The number of benzene rings is 1. The number of carbonyl (C=O) groups excluding carboxylic acids is 2. The highest BCUT2D eigenvalue weighted by Crippen LogP contribution is 2.33. The maximum Gasteiger partial charge on any atom is 0.276 e. The summed E-state index contributed by atoms with van der Waals surface area (Å²) in [6.07, 6.45) is 5.95. The number of ether oxygens (including phenoxy) is 1. The molecular formula is C23H30N4O4. The second-order valence-electron chi connectivity index (χ2n) is 8.44. The third-order valence-electron chi connectivity index (χ3n) is 6.30. The van der Waals surface area contributed by atoms with Crippen molar-refractivity contribution in [3.05, 3.63) is 47.9 Å². The Morgan fingerprint density at radius 1 is 1.10 bits per heavy atom. The lowest BCUT2D eigenvalue weighted by atomic mass is 9.75. The molecule has 1 fully saturated rings. The number of nitrogens with one attached hydrogen (secondary N) is 2. The summed E-state index contributed by atoms with van der Waals surface area (Å²) in [5.74, 6) is 0.474. The smallest absolute Gasteiger partial charge is 0.276 e. The average Bonchev–Trinajstić information content (AvgIpc) is 3.34. The number of fused-ring (bicyclic) bond motifs is 2. The normalized spacial score (nSPS) is 20.3. The Balaban J connectivity index is 1.53. The van der Waals surface area contributed by atoms with Gasteiger partial charge in [0.1, 0.15) is 12.0 Å². The lowest BCUT2D eigenvalue weighted by molar-refractivity contribution is 0.0718. The molecule has 1 spiro atoms. The largest absolute Gasteiger partial charge is 0.494 e. The van der Waals surface area contributed by atoms with E-state index in [2.05, 4.69) is 15.8 Å². The third-order valence-corrected chi connectivity index (χ3v) is 6.30. The number of amides is 2. The van der Waals surface area contributed by atoms with Gasteiger partial charge in [0, 0.05) is 31.3 Å². The van der Waals surface area contributed by atoms with Gasteiger partial charge >= 0.3 is 0 Å². The molecular weight excluding hydrogens is 396 g/mol. The van der Waals surface area contributed by atoms with Crippen LogP contribution in [-0.4, -0.2) is 61.2 Å². The summed E-state index contributed by atoms with van der Waals surface area (Å²) in [5.41, 5.74) is 0.979. The number of hydrogen-bond acceptors (Lipinski definition) is 6. The van der Waals surface area contributed by atoms with E-state index in [4.69, 9.17) is 9.26 Å². The van der Waals surface area contributed by atoms with Crippen LogP contribution in [0, 0.1) is 5.41 Å². The molecule has 4 rings (SSSR count). The Morgan fingerprint density at radius 3 is 2.74 bits per heavy atom. The van der Waals surface area contributed by atoms with Crippen LogP contribution >= 0.6 is 0 Å². The highest BCUT2D eigenvalue weighted by Gasteiger charge is 2.32. The van der Waals surface area contributed by atoms with Crippen LogP contribution in [0.25, 0.3) is 0 Å². The van der Waals surface area contributed by atoms with Crippen molar-refractivity contribution in [2.45, 2.75) is 32.1 Å². The van der Waals surface area contributed by atoms with Crippen molar-refractivity contribution in [3.63, 3.8) is 0 Å². The third kappa shape index (κ3) is 5.44. The minimum atomic E-state index is -0.118. The van der Waals surface area contributed by atoms with E-state index in [-0.39, 0.29) is 17.2 Å². The van der Waals surface area contributed by atoms with Crippen LogP contribution in [0.1, 0.15) is 53.0 Å². The summed E-state index contributed by atoms with van der Waals surface area (Å²) in [6, 6.07) is 8.88. The summed E-state index contributed by atoms with van der Waals surface area (Å²) < 4.78 is 10.7. The van der Waals surface area contributed by atoms with Crippen LogP contribution in [0.2, 0.25) is 0 Å². The molecule has 2 aliphatic heterocycles. The van der Waals surface area contributed by atoms with Gasteiger partial charge in [-0.3, -0.25) is 9.59 Å². The molecule has 8 nitrogen and oxygen atoms in total. The Hall–Kier alpha value is -2.87. The molecule has 31 heavy (non-hydrogen) atoms. The number of carbonyl (C=O) groups is 2. The van der Waals surface area contributed by atoms with Crippen molar-refractivity contribution >= 4 is 11.8 Å². The van der Waals surface area contributed by atoms with E-state index in [1.807, 2.05) is 23.1 Å². The predicted octanol–water partition coefficient (Wildman–Crippen LogP) is 2.48. The molecule has 2 amide bonds. The Labute approximate surface area is 182 Å². The zero-order chi connectivity index (χ0) is 21.5. The van der Waals surface area contributed by atoms with Gasteiger partial charge in [-0.25, -0.2) is 0 Å². The van der Waals surface area contributed by atoms with Gasteiger partial charge < -0.3 is 24.8 Å². The first-order valence-electron chi connectivity index (χ1n) is 11.1. The van der Waals surface area contributed by atoms with Gasteiger partial charge in [0.25, 0.3) is 11.8 Å². The quantitative estimate of drug-likeness (QED) is 0.727. The fourth-order valence-electron chi connectivity index (χ4n) is 4.46. The van der Waals surface area contributed by atoms with Gasteiger partial charge in [0.15, 0.2) is 5.69 Å². The summed E-state index contributed by atoms with van der Waals surface area (Å²) in [4.78, 5) is 27.5. The predicted molar refractivity (Wildman–Crippen MR) is 115 cm³/mol. The maximum absolute atomic E-state index is 12.9. The lowest BCUT2D eigenvalue weighted by Crippen LogP contribution is -2.45. The first-order chi connectivity index (χ1) is 15.2. The summed E-state index contributed by atoms with van der Waals surface area (Å²) in [7, 11) is 0. The minimum absolute atomic E-state index is 0.0395. The van der Waals surface area contributed by atoms with Crippen molar-refractivity contribution in [2.24, 2.45) is 5.41 Å². The Bertz CT molecular complexity index is 877. The molecule has 2 aromatic rings. The second kappa shape index (κ2) is 9.96. The van der Waals surface area contributed by atoms with Crippen molar-refractivity contribution in [1.82, 2.24) is 20.7 Å². The topological polar surface area (TPSA) is 96.7 Å². The van der Waals surface area contributed by atoms with Gasteiger partial charge in [0.05, 0.1) is 6.61 Å². The van der Waals surface area contributed by atoms with Gasteiger partial charge in [-0.1, -0.05) is 11.2 Å². The first-order valence-corrected chi connectivity index (χ1v) is 11.1. The monoisotopic (exact) mass is 426 g/mol. The first kappa shape index (κ1) is 21.4. The summed E-state index contributed by atoms with van der Waals surface area (Å²) in [5, 5.41) is 10.4. The van der Waals surface area contributed by atoms with Crippen molar-refractivity contribution in [2.75, 3.05) is 39.3 Å². The molecule has 3 heterocycles. The molecule has 0 unspecified atom stereocenters. The van der Waals surface area contributed by atoms with E-state index in [0.717, 1.165) is 38.8 Å². The molecule has 0 atom stereocenters. The number of nitrogens with zero attached hydrogens (tertiary/aromatic N) is 2. The highest BCUT2D eigenvalue weighted by molar-refractivity contribution is 5.94. The fourth-order valence-corrected chi connectivity index (χ4v) is 4.46. The molecule has 1 saturated heterocycles. The number of aromatic nitrogens is 1. The lowest BCUT2D eigenvalue weighted by Gasteiger charge is -2.38. The molecule has 0 aliphatic carbocycles. The average molecular weight is 427 g/mol.